The van der Waals surface area contributed by atoms with Crippen LogP contribution in [-0.2, 0) is 0 Å². The second kappa shape index (κ2) is 7.02. The number of tetrazole rings is 1. The van der Waals surface area contributed by atoms with E-state index < -0.39 is 0 Å². The number of carbonyl (C=O) groups is 2. The second-order valence-corrected chi connectivity index (χ2v) is 6.21. The quantitative estimate of drug-likeness (QED) is 0.679. The highest BCUT2D eigenvalue weighted by Crippen LogP contribution is 2.15. The van der Waals surface area contributed by atoms with Crippen molar-refractivity contribution < 1.29 is 14.3 Å². The molecule has 2 amide bonds. The molecule has 1 aliphatic rings. The highest BCUT2D eigenvalue weighted by Gasteiger charge is 2.25. The zero-order chi connectivity index (χ0) is 18.8. The van der Waals surface area contributed by atoms with E-state index >= 15 is 0 Å². The van der Waals surface area contributed by atoms with Crippen LogP contribution in [0.15, 0.2) is 42.6 Å². The van der Waals surface area contributed by atoms with Gasteiger partial charge in [-0.1, -0.05) is 0 Å². The van der Waals surface area contributed by atoms with Gasteiger partial charge in [0.1, 0.15) is 5.75 Å². The van der Waals surface area contributed by atoms with Crippen molar-refractivity contribution in [3.8, 4) is 5.75 Å². The lowest BCUT2D eigenvalue weighted by Gasteiger charge is -2.34. The molecule has 138 valence electrons. The smallest absolute Gasteiger partial charge is 0.255 e. The molecule has 2 aromatic heterocycles. The number of nitrogens with zero attached hydrogens (tertiary/aromatic N) is 6. The van der Waals surface area contributed by atoms with E-state index in [1.165, 1.54) is 4.52 Å². The molecule has 0 radical (unpaired) electrons. The summed E-state index contributed by atoms with van der Waals surface area (Å²) < 4.78 is 6.58. The van der Waals surface area contributed by atoms with E-state index in [0.717, 1.165) is 0 Å². The molecule has 3 aromatic rings. The largest absolute Gasteiger partial charge is 0.497 e. The lowest BCUT2D eigenvalue weighted by molar-refractivity contribution is 0.0535. The average Bonchev–Trinajstić information content (AvgIpc) is 3.21. The number of fused-ring (bicyclic) bond motifs is 1. The lowest BCUT2D eigenvalue weighted by Crippen LogP contribution is -2.50. The van der Waals surface area contributed by atoms with E-state index in [9.17, 15) is 9.59 Å². The van der Waals surface area contributed by atoms with Crippen LogP contribution in [0.2, 0.25) is 0 Å². The van der Waals surface area contributed by atoms with Gasteiger partial charge in [0.2, 0.25) is 0 Å². The SMILES string of the molecule is COc1ccc(C(=O)N2CCN(C(=O)c3ccc4nnnn4c3)CC2)cc1. The number of amides is 2. The van der Waals surface area contributed by atoms with Crippen LogP contribution in [0, 0.1) is 0 Å². The van der Waals surface area contributed by atoms with Gasteiger partial charge in [0.15, 0.2) is 5.65 Å². The standard InChI is InChI=1S/C18H18N6O3/c1-27-15-5-2-13(3-6-15)17(25)22-8-10-23(11-9-22)18(26)14-4-7-16-19-20-21-24(16)12-14/h2-7,12H,8-11H2,1H3. The molecule has 9 nitrogen and oxygen atoms in total. The van der Waals surface area contributed by atoms with E-state index in [1.54, 1.807) is 59.5 Å². The first-order chi connectivity index (χ1) is 13.2. The van der Waals surface area contributed by atoms with Crippen LogP contribution >= 0.6 is 0 Å². The number of benzene rings is 1. The average molecular weight is 366 g/mol. The Kier molecular flexibility index (Phi) is 4.41. The summed E-state index contributed by atoms with van der Waals surface area (Å²) in [4.78, 5) is 28.8. The maximum Gasteiger partial charge on any atom is 0.255 e. The third kappa shape index (κ3) is 3.31. The molecule has 3 heterocycles. The fraction of sp³-hybridized carbons (Fsp3) is 0.278. The molecule has 0 bridgehead atoms. The van der Waals surface area contributed by atoms with Crippen molar-refractivity contribution in [2.45, 2.75) is 0 Å². The topological polar surface area (TPSA) is 92.9 Å². The molecule has 0 N–H and O–H groups in total. The van der Waals surface area contributed by atoms with Gasteiger partial charge < -0.3 is 14.5 Å². The van der Waals surface area contributed by atoms with Crippen molar-refractivity contribution in [1.82, 2.24) is 29.8 Å². The summed E-state index contributed by atoms with van der Waals surface area (Å²) in [5.41, 5.74) is 1.71. The van der Waals surface area contributed by atoms with Crippen molar-refractivity contribution in [3.05, 3.63) is 53.7 Å². The molecule has 0 atom stereocenters. The highest BCUT2D eigenvalue weighted by molar-refractivity contribution is 5.96. The first kappa shape index (κ1) is 17.0. The molecule has 9 heteroatoms. The van der Waals surface area contributed by atoms with E-state index in [1.807, 2.05) is 0 Å². The number of methoxy groups -OCH3 is 1. The number of rotatable bonds is 3. The lowest BCUT2D eigenvalue weighted by atomic mass is 10.1. The molecule has 1 aliphatic heterocycles. The minimum Gasteiger partial charge on any atom is -0.497 e. The number of pyridine rings is 1. The van der Waals surface area contributed by atoms with Gasteiger partial charge in [-0.05, 0) is 46.8 Å². The summed E-state index contributed by atoms with van der Waals surface area (Å²) in [6.45, 7) is 1.94. The third-order valence-corrected chi connectivity index (χ3v) is 4.63. The van der Waals surface area contributed by atoms with Crippen LogP contribution < -0.4 is 4.74 Å². The summed E-state index contributed by atoms with van der Waals surface area (Å²) in [5.74, 6) is 0.574. The van der Waals surface area contributed by atoms with Gasteiger partial charge in [-0.3, -0.25) is 9.59 Å². The van der Waals surface area contributed by atoms with Gasteiger partial charge in [-0.15, -0.1) is 5.10 Å². The molecule has 27 heavy (non-hydrogen) atoms. The second-order valence-electron chi connectivity index (χ2n) is 6.21. The molecule has 1 fully saturated rings. The molecule has 0 spiro atoms. The Morgan fingerprint density at radius 3 is 2.11 bits per heavy atom. The van der Waals surface area contributed by atoms with Gasteiger partial charge in [0.05, 0.1) is 12.7 Å². The zero-order valence-electron chi connectivity index (χ0n) is 14.8. The Labute approximate surface area is 155 Å². The molecule has 0 saturated carbocycles. The van der Waals surface area contributed by atoms with Crippen LogP contribution in [-0.4, -0.2) is 74.9 Å². The summed E-state index contributed by atoms with van der Waals surface area (Å²) in [5, 5.41) is 11.2. The van der Waals surface area contributed by atoms with Crippen LogP contribution in [0.25, 0.3) is 5.65 Å². The van der Waals surface area contributed by atoms with Crippen LogP contribution in [0.1, 0.15) is 20.7 Å². The predicted molar refractivity (Wildman–Crippen MR) is 95.6 cm³/mol. The fourth-order valence-corrected chi connectivity index (χ4v) is 3.08. The molecular formula is C18H18N6O3. The summed E-state index contributed by atoms with van der Waals surface area (Å²) >= 11 is 0. The first-order valence-corrected chi connectivity index (χ1v) is 8.56. The number of ether oxygens (including phenoxy) is 1. The minimum atomic E-state index is -0.0936. The molecular weight excluding hydrogens is 348 g/mol. The molecule has 0 unspecified atom stereocenters. The number of aromatic nitrogens is 4. The van der Waals surface area contributed by atoms with Gasteiger partial charge in [0, 0.05) is 37.9 Å². The Morgan fingerprint density at radius 1 is 0.889 bits per heavy atom. The van der Waals surface area contributed by atoms with Crippen LogP contribution in [0.5, 0.6) is 5.75 Å². The predicted octanol–water partition coefficient (Wildman–Crippen LogP) is 0.731. The van der Waals surface area contributed by atoms with E-state index in [0.29, 0.717) is 48.7 Å². The normalized spacial score (nSPS) is 14.4. The monoisotopic (exact) mass is 366 g/mol. The minimum absolute atomic E-state index is 0.0418. The Bertz CT molecular complexity index is 976. The van der Waals surface area contributed by atoms with Gasteiger partial charge in [0.25, 0.3) is 11.8 Å². The van der Waals surface area contributed by atoms with E-state index in [-0.39, 0.29) is 11.8 Å². The van der Waals surface area contributed by atoms with Crippen molar-refractivity contribution in [3.63, 3.8) is 0 Å². The number of piperazine rings is 1. The van der Waals surface area contributed by atoms with Gasteiger partial charge in [-0.25, -0.2) is 0 Å². The summed E-state index contributed by atoms with van der Waals surface area (Å²) in [6, 6.07) is 10.4. The maximum atomic E-state index is 12.7. The summed E-state index contributed by atoms with van der Waals surface area (Å²) in [6.07, 6.45) is 1.62. The van der Waals surface area contributed by atoms with Gasteiger partial charge in [-0.2, -0.15) is 4.52 Å². The van der Waals surface area contributed by atoms with Gasteiger partial charge >= 0.3 is 0 Å². The fourth-order valence-electron chi connectivity index (χ4n) is 3.08. The van der Waals surface area contributed by atoms with Crippen LogP contribution in [0.3, 0.4) is 0 Å². The molecule has 1 aromatic carbocycles. The van der Waals surface area contributed by atoms with Crippen molar-refractivity contribution >= 4 is 17.5 Å². The highest BCUT2D eigenvalue weighted by atomic mass is 16.5. The summed E-state index contributed by atoms with van der Waals surface area (Å²) in [7, 11) is 1.59. The van der Waals surface area contributed by atoms with E-state index in [2.05, 4.69) is 15.5 Å². The van der Waals surface area contributed by atoms with Crippen molar-refractivity contribution in [2.24, 2.45) is 0 Å². The zero-order valence-corrected chi connectivity index (χ0v) is 14.8. The molecule has 4 rings (SSSR count). The Balaban J connectivity index is 1.40. The maximum absolute atomic E-state index is 12.7. The molecule has 0 aliphatic carbocycles. The Morgan fingerprint density at radius 2 is 1.48 bits per heavy atom. The van der Waals surface area contributed by atoms with E-state index in [4.69, 9.17) is 4.74 Å². The number of carbonyl (C=O) groups excluding carboxylic acids is 2. The van der Waals surface area contributed by atoms with Crippen molar-refractivity contribution in [1.29, 1.82) is 0 Å². The van der Waals surface area contributed by atoms with Crippen molar-refractivity contribution in [2.75, 3.05) is 33.3 Å². The third-order valence-electron chi connectivity index (χ3n) is 4.63. The number of hydrogen-bond acceptors (Lipinski definition) is 6. The number of hydrogen-bond donors (Lipinski definition) is 0. The Hall–Kier alpha value is -3.49. The molecule has 1 saturated heterocycles. The first-order valence-electron chi connectivity index (χ1n) is 8.56. The van der Waals surface area contributed by atoms with Crippen LogP contribution in [0.4, 0.5) is 0 Å².